The van der Waals surface area contributed by atoms with Gasteiger partial charge in [-0.3, -0.25) is 0 Å². The van der Waals surface area contributed by atoms with Crippen molar-refractivity contribution in [3.8, 4) is 0 Å². The maximum absolute atomic E-state index is 13.4. The molecule has 1 rings (SSSR count). The first kappa shape index (κ1) is 13.5. The Morgan fingerprint density at radius 2 is 0.938 bits per heavy atom. The third-order valence-electron chi connectivity index (χ3n) is 1.59. The number of hydrogen-bond donors (Lipinski definition) is 0. The van der Waals surface area contributed by atoms with Gasteiger partial charge in [-0.05, 0) is 0 Å². The van der Waals surface area contributed by atoms with E-state index < -0.39 is 62.1 Å². The molecule has 0 saturated carbocycles. The Morgan fingerprint density at radius 1 is 0.688 bits per heavy atom. The van der Waals surface area contributed by atoms with Crippen LogP contribution in [0.4, 0.5) is 17.6 Å². The second-order valence-corrected chi connectivity index (χ2v) is 6.58. The van der Waals surface area contributed by atoms with Crippen LogP contribution >= 0.6 is 0 Å². The summed E-state index contributed by atoms with van der Waals surface area (Å²) in [7, 11) is 0. The molecule has 0 bridgehead atoms. The van der Waals surface area contributed by atoms with Gasteiger partial charge in [-0.25, -0.2) is 0 Å². The molecule has 0 atom stereocenters. The molecule has 0 aromatic heterocycles. The van der Waals surface area contributed by atoms with Crippen molar-refractivity contribution in [2.24, 2.45) is 0 Å². The van der Waals surface area contributed by atoms with Crippen LogP contribution in [0.25, 0.3) is 0 Å². The van der Waals surface area contributed by atoms with Crippen LogP contribution in [-0.4, -0.2) is 29.9 Å². The molecule has 0 N–H and O–H groups in total. The zero-order valence-corrected chi connectivity index (χ0v) is 11.3. The van der Waals surface area contributed by atoms with E-state index in [1.807, 2.05) is 0 Å². The van der Waals surface area contributed by atoms with Gasteiger partial charge in [-0.2, -0.15) is 0 Å². The van der Waals surface area contributed by atoms with Crippen LogP contribution in [0.3, 0.4) is 0 Å². The van der Waals surface area contributed by atoms with Crippen molar-refractivity contribution in [1.29, 1.82) is 0 Å². The first-order chi connectivity index (χ1) is 7.54. The molecule has 0 unspecified atom stereocenters. The van der Waals surface area contributed by atoms with Gasteiger partial charge in [0.2, 0.25) is 0 Å². The van der Waals surface area contributed by atoms with Gasteiger partial charge < -0.3 is 0 Å². The predicted molar refractivity (Wildman–Crippen MR) is 57.4 cm³/mol. The second kappa shape index (κ2) is 5.69. The van der Waals surface area contributed by atoms with Gasteiger partial charge in [0.25, 0.3) is 0 Å². The van der Waals surface area contributed by atoms with Crippen molar-refractivity contribution < 1.29 is 17.6 Å². The van der Waals surface area contributed by atoms with E-state index in [-0.39, 0.29) is 0 Å². The third kappa shape index (κ3) is 2.41. The summed E-state index contributed by atoms with van der Waals surface area (Å²) in [5.41, 5.74) is 0. The molecule has 0 radical (unpaired) electrons. The molecular formula is C10H6F4Se2. The zero-order valence-electron chi connectivity index (χ0n) is 7.90. The average Bonchev–Trinajstić information content (AvgIpc) is 2.28. The standard InChI is InChI=1S/C10H6F4Se2/c1-3-15-9-5(11)7(13)10(16-4-2)8(14)6(9)12/h3-4H,1-2H2. The topological polar surface area (TPSA) is 0 Å². The van der Waals surface area contributed by atoms with Gasteiger partial charge in [0, 0.05) is 0 Å². The molecule has 0 spiro atoms. The van der Waals surface area contributed by atoms with Crippen molar-refractivity contribution in [1.82, 2.24) is 0 Å². The summed E-state index contributed by atoms with van der Waals surface area (Å²) in [4.78, 5) is 2.48. The normalized spacial score (nSPS) is 10.2. The summed E-state index contributed by atoms with van der Waals surface area (Å²) in [6.07, 6.45) is 0. The fraction of sp³-hybridized carbons (Fsp3) is 0. The molecule has 0 heterocycles. The predicted octanol–water partition coefficient (Wildman–Crippen LogP) is 1.19. The zero-order chi connectivity index (χ0) is 12.3. The van der Waals surface area contributed by atoms with Crippen LogP contribution in [0.5, 0.6) is 0 Å². The molecule has 0 saturated heterocycles. The van der Waals surface area contributed by atoms with Gasteiger partial charge in [0.05, 0.1) is 0 Å². The Bertz CT molecular complexity index is 373. The van der Waals surface area contributed by atoms with Crippen LogP contribution in [0, 0.1) is 23.3 Å². The number of halogens is 4. The maximum atomic E-state index is 13.4. The van der Waals surface area contributed by atoms with E-state index in [1.165, 1.54) is 9.95 Å². The summed E-state index contributed by atoms with van der Waals surface area (Å²) in [6.45, 7) is 6.59. The third-order valence-corrected chi connectivity index (χ3v) is 4.78. The monoisotopic (exact) mass is 362 g/mol. The number of hydrogen-bond acceptors (Lipinski definition) is 0. The van der Waals surface area contributed by atoms with Crippen molar-refractivity contribution in [2.75, 3.05) is 0 Å². The molecule has 0 aliphatic heterocycles. The summed E-state index contributed by atoms with van der Waals surface area (Å²) in [5.74, 6) is -5.29. The Hall–Kier alpha value is -0.541. The molecule has 0 amide bonds. The van der Waals surface area contributed by atoms with Gasteiger partial charge in [-0.1, -0.05) is 0 Å². The van der Waals surface area contributed by atoms with E-state index in [0.717, 1.165) is 0 Å². The molecule has 1 aromatic carbocycles. The molecule has 0 fully saturated rings. The summed E-state index contributed by atoms with van der Waals surface area (Å²) in [5, 5.41) is 0. The fourth-order valence-electron chi connectivity index (χ4n) is 0.965. The minimum atomic E-state index is -1.32. The quantitative estimate of drug-likeness (QED) is 0.430. The van der Waals surface area contributed by atoms with Gasteiger partial charge in [0.1, 0.15) is 0 Å². The SMILES string of the molecule is C=C[Se]c1c(F)c(F)c([Se]C=C)c(F)c1F. The van der Waals surface area contributed by atoms with Crippen LogP contribution in [0.1, 0.15) is 0 Å². The van der Waals surface area contributed by atoms with E-state index in [4.69, 9.17) is 0 Å². The average molecular weight is 360 g/mol. The Morgan fingerprint density at radius 3 is 1.12 bits per heavy atom. The molecule has 0 aliphatic carbocycles. The summed E-state index contributed by atoms with van der Waals surface area (Å²) < 4.78 is 52.4. The van der Waals surface area contributed by atoms with Gasteiger partial charge >= 0.3 is 103 Å². The molecule has 16 heavy (non-hydrogen) atoms. The molecule has 6 heteroatoms. The van der Waals surface area contributed by atoms with Crippen molar-refractivity contribution >= 4 is 38.8 Å². The molecule has 0 aliphatic rings. The van der Waals surface area contributed by atoms with E-state index in [1.54, 1.807) is 0 Å². The van der Waals surface area contributed by atoms with Crippen molar-refractivity contribution in [3.63, 3.8) is 0 Å². The van der Waals surface area contributed by atoms with E-state index in [2.05, 4.69) is 13.2 Å². The van der Waals surface area contributed by atoms with Gasteiger partial charge in [0.15, 0.2) is 0 Å². The number of benzene rings is 1. The Balaban J connectivity index is 3.48. The van der Waals surface area contributed by atoms with Crippen molar-refractivity contribution in [2.45, 2.75) is 0 Å². The fourth-order valence-corrected chi connectivity index (χ4v) is 3.28. The molecular weight excluding hydrogens is 354 g/mol. The van der Waals surface area contributed by atoms with E-state index in [0.29, 0.717) is 0 Å². The Labute approximate surface area is 103 Å². The van der Waals surface area contributed by atoms with Crippen LogP contribution in [-0.2, 0) is 0 Å². The number of rotatable bonds is 4. The van der Waals surface area contributed by atoms with Crippen molar-refractivity contribution in [3.05, 3.63) is 46.4 Å². The summed E-state index contributed by atoms with van der Waals surface area (Å²) >= 11 is -1.65. The first-order valence-electron chi connectivity index (χ1n) is 3.95. The summed E-state index contributed by atoms with van der Waals surface area (Å²) in [6, 6.07) is 0. The van der Waals surface area contributed by atoms with Crippen LogP contribution in [0.15, 0.2) is 23.1 Å². The van der Waals surface area contributed by atoms with Crippen LogP contribution < -0.4 is 8.92 Å². The Kier molecular flexibility index (Phi) is 4.81. The van der Waals surface area contributed by atoms with Crippen LogP contribution in [0.2, 0.25) is 0 Å². The van der Waals surface area contributed by atoms with E-state index in [9.17, 15) is 17.6 Å². The molecule has 86 valence electrons. The molecule has 1 aromatic rings. The second-order valence-electron chi connectivity index (χ2n) is 2.48. The first-order valence-corrected chi connectivity index (χ1v) is 7.64. The van der Waals surface area contributed by atoms with E-state index >= 15 is 0 Å². The minimum absolute atomic E-state index is 0.568. The van der Waals surface area contributed by atoms with Gasteiger partial charge in [-0.15, -0.1) is 0 Å². The molecule has 0 nitrogen and oxygen atoms in total.